The predicted octanol–water partition coefficient (Wildman–Crippen LogP) is 5.20. The number of halogens is 3. The van der Waals surface area contributed by atoms with E-state index in [2.05, 4.69) is 11.8 Å². The molecule has 5 rings (SSSR count). The molecule has 1 amide bonds. The van der Waals surface area contributed by atoms with Gasteiger partial charge in [-0.15, -0.1) is 0 Å². The molecule has 1 aromatic heterocycles. The third-order valence-electron chi connectivity index (χ3n) is 6.89. The third-order valence-corrected chi connectivity index (χ3v) is 6.89. The lowest BCUT2D eigenvalue weighted by molar-refractivity contribution is -0.137. The number of nitrogens with zero attached hydrogens (tertiary/aromatic N) is 4. The summed E-state index contributed by atoms with van der Waals surface area (Å²) in [6.07, 6.45) is -2.33. The molecule has 0 spiro atoms. The standard InChI is InChI=1S/C26H27F3N4O/c1-18-6-5-11-33(18)25(34)22-17-24(30-23-10-3-2-9-21(22)23)32-14-12-31(13-15-32)20-8-4-7-19(16-20)26(27,28)29/h2-4,7-10,16-18H,5-6,11-15H2,1H3/t18-/m0/s1. The van der Waals surface area contributed by atoms with Gasteiger partial charge in [-0.05, 0) is 50.1 Å². The molecule has 0 radical (unpaired) electrons. The molecule has 0 bridgehead atoms. The third kappa shape index (κ3) is 4.29. The number of hydrogen-bond donors (Lipinski definition) is 0. The van der Waals surface area contributed by atoms with Crippen molar-refractivity contribution in [2.24, 2.45) is 0 Å². The van der Waals surface area contributed by atoms with Crippen LogP contribution in [0.4, 0.5) is 24.7 Å². The Labute approximate surface area is 196 Å². The maximum atomic E-state index is 13.4. The lowest BCUT2D eigenvalue weighted by Crippen LogP contribution is -2.47. The molecule has 1 atom stereocenters. The zero-order valence-corrected chi connectivity index (χ0v) is 19.1. The average Bonchev–Trinajstić information content (AvgIpc) is 3.28. The van der Waals surface area contributed by atoms with E-state index in [4.69, 9.17) is 4.98 Å². The number of benzene rings is 2. The van der Waals surface area contributed by atoms with Crippen molar-refractivity contribution in [3.8, 4) is 0 Å². The van der Waals surface area contributed by atoms with Crippen LogP contribution in [0, 0.1) is 0 Å². The highest BCUT2D eigenvalue weighted by Gasteiger charge is 2.32. The summed E-state index contributed by atoms with van der Waals surface area (Å²) in [4.78, 5) is 24.3. The SMILES string of the molecule is C[C@H]1CCCN1C(=O)c1cc(N2CCN(c3cccc(C(F)(F)F)c3)CC2)nc2ccccc12. The van der Waals surface area contributed by atoms with Gasteiger partial charge in [0.25, 0.3) is 5.91 Å². The number of aromatic nitrogens is 1. The van der Waals surface area contributed by atoms with Crippen molar-refractivity contribution in [3.05, 3.63) is 65.7 Å². The van der Waals surface area contributed by atoms with Gasteiger partial charge in [0.05, 0.1) is 16.6 Å². The summed E-state index contributed by atoms with van der Waals surface area (Å²) in [6.45, 7) is 5.21. The second-order valence-corrected chi connectivity index (χ2v) is 9.06. The average molecular weight is 469 g/mol. The molecule has 0 aliphatic carbocycles. The zero-order valence-electron chi connectivity index (χ0n) is 19.1. The molecule has 34 heavy (non-hydrogen) atoms. The van der Waals surface area contributed by atoms with E-state index in [-0.39, 0.29) is 11.9 Å². The molecule has 2 aromatic carbocycles. The summed E-state index contributed by atoms with van der Waals surface area (Å²) in [6, 6.07) is 15.3. The van der Waals surface area contributed by atoms with Crippen molar-refractivity contribution < 1.29 is 18.0 Å². The first kappa shape index (κ1) is 22.5. The molecule has 3 aromatic rings. The van der Waals surface area contributed by atoms with Gasteiger partial charge in [-0.25, -0.2) is 4.98 Å². The molecule has 5 nitrogen and oxygen atoms in total. The van der Waals surface area contributed by atoms with Gasteiger partial charge < -0.3 is 14.7 Å². The minimum Gasteiger partial charge on any atom is -0.368 e. The Balaban J connectivity index is 1.39. The summed E-state index contributed by atoms with van der Waals surface area (Å²) in [5.74, 6) is 0.769. The van der Waals surface area contributed by atoms with E-state index in [1.54, 1.807) is 6.07 Å². The number of anilines is 2. The van der Waals surface area contributed by atoms with Crippen LogP contribution < -0.4 is 9.80 Å². The normalized spacial score (nSPS) is 19.2. The van der Waals surface area contributed by atoms with Crippen molar-refractivity contribution in [2.45, 2.75) is 32.0 Å². The van der Waals surface area contributed by atoms with Gasteiger partial charge in [0.15, 0.2) is 0 Å². The topological polar surface area (TPSA) is 39.7 Å². The number of alkyl halides is 3. The van der Waals surface area contributed by atoms with Crippen LogP contribution in [0.5, 0.6) is 0 Å². The maximum absolute atomic E-state index is 13.4. The van der Waals surface area contributed by atoms with Crippen LogP contribution in [-0.2, 0) is 6.18 Å². The molecule has 8 heteroatoms. The molecule has 3 heterocycles. The Bertz CT molecular complexity index is 1200. The Morgan fingerprint density at radius 2 is 1.68 bits per heavy atom. The molecule has 2 fully saturated rings. The number of likely N-dealkylation sites (tertiary alicyclic amines) is 1. The molecular formula is C26H27F3N4O. The fourth-order valence-corrected chi connectivity index (χ4v) is 4.96. The molecule has 2 aliphatic rings. The lowest BCUT2D eigenvalue weighted by atomic mass is 10.1. The summed E-state index contributed by atoms with van der Waals surface area (Å²) >= 11 is 0. The molecule has 0 saturated carbocycles. The number of carbonyl (C=O) groups excluding carboxylic acids is 1. The number of amides is 1. The van der Waals surface area contributed by atoms with Crippen molar-refractivity contribution >= 4 is 28.3 Å². The van der Waals surface area contributed by atoms with E-state index >= 15 is 0 Å². The first-order chi connectivity index (χ1) is 16.3. The summed E-state index contributed by atoms with van der Waals surface area (Å²) in [5, 5.41) is 0.845. The number of rotatable bonds is 3. The van der Waals surface area contributed by atoms with Crippen LogP contribution >= 0.6 is 0 Å². The smallest absolute Gasteiger partial charge is 0.368 e. The number of fused-ring (bicyclic) bond motifs is 1. The van der Waals surface area contributed by atoms with Crippen LogP contribution in [0.25, 0.3) is 10.9 Å². The van der Waals surface area contributed by atoms with Gasteiger partial charge in [-0.1, -0.05) is 24.3 Å². The van der Waals surface area contributed by atoms with E-state index in [1.807, 2.05) is 40.1 Å². The highest BCUT2D eigenvalue weighted by atomic mass is 19.4. The lowest BCUT2D eigenvalue weighted by Gasteiger charge is -2.37. The fraction of sp³-hybridized carbons (Fsp3) is 0.385. The Hall–Kier alpha value is -3.29. The van der Waals surface area contributed by atoms with E-state index in [1.165, 1.54) is 12.1 Å². The Kier molecular flexibility index (Phi) is 5.83. The molecule has 0 unspecified atom stereocenters. The first-order valence-corrected chi connectivity index (χ1v) is 11.7. The van der Waals surface area contributed by atoms with Crippen LogP contribution in [0.2, 0.25) is 0 Å². The number of para-hydroxylation sites is 1. The second-order valence-electron chi connectivity index (χ2n) is 9.06. The number of pyridine rings is 1. The van der Waals surface area contributed by atoms with Crippen LogP contribution in [0.3, 0.4) is 0 Å². The largest absolute Gasteiger partial charge is 0.416 e. The first-order valence-electron chi connectivity index (χ1n) is 11.7. The Morgan fingerprint density at radius 3 is 2.38 bits per heavy atom. The highest BCUT2D eigenvalue weighted by Crippen LogP contribution is 2.32. The number of hydrogen-bond acceptors (Lipinski definition) is 4. The van der Waals surface area contributed by atoms with E-state index < -0.39 is 11.7 Å². The molecular weight excluding hydrogens is 441 g/mol. The summed E-state index contributed by atoms with van der Waals surface area (Å²) < 4.78 is 39.4. The Morgan fingerprint density at radius 1 is 0.941 bits per heavy atom. The summed E-state index contributed by atoms with van der Waals surface area (Å²) in [7, 11) is 0. The monoisotopic (exact) mass is 468 g/mol. The van der Waals surface area contributed by atoms with Crippen molar-refractivity contribution in [3.63, 3.8) is 0 Å². The number of carbonyl (C=O) groups is 1. The molecule has 0 N–H and O–H groups in total. The predicted molar refractivity (Wildman–Crippen MR) is 127 cm³/mol. The maximum Gasteiger partial charge on any atom is 0.416 e. The van der Waals surface area contributed by atoms with Crippen molar-refractivity contribution in [1.82, 2.24) is 9.88 Å². The van der Waals surface area contributed by atoms with Gasteiger partial charge in [0, 0.05) is 49.8 Å². The molecule has 178 valence electrons. The van der Waals surface area contributed by atoms with Crippen LogP contribution in [0.15, 0.2) is 54.6 Å². The minimum atomic E-state index is -4.36. The molecule has 2 saturated heterocycles. The number of piperazine rings is 1. The van der Waals surface area contributed by atoms with Crippen molar-refractivity contribution in [2.75, 3.05) is 42.5 Å². The quantitative estimate of drug-likeness (QED) is 0.530. The van der Waals surface area contributed by atoms with Gasteiger partial charge in [-0.3, -0.25) is 4.79 Å². The zero-order chi connectivity index (χ0) is 23.9. The van der Waals surface area contributed by atoms with Gasteiger partial charge >= 0.3 is 6.18 Å². The van der Waals surface area contributed by atoms with Gasteiger partial charge in [0.2, 0.25) is 0 Å². The summed E-state index contributed by atoms with van der Waals surface area (Å²) in [5.41, 5.74) is 1.37. The van der Waals surface area contributed by atoms with Gasteiger partial charge in [0.1, 0.15) is 5.82 Å². The minimum absolute atomic E-state index is 0.0347. The van der Waals surface area contributed by atoms with E-state index in [0.29, 0.717) is 37.4 Å². The van der Waals surface area contributed by atoms with Crippen LogP contribution in [-0.4, -0.2) is 54.6 Å². The van der Waals surface area contributed by atoms with E-state index in [9.17, 15) is 18.0 Å². The molecule has 2 aliphatic heterocycles. The van der Waals surface area contributed by atoms with E-state index in [0.717, 1.165) is 42.2 Å². The van der Waals surface area contributed by atoms with Crippen molar-refractivity contribution in [1.29, 1.82) is 0 Å². The second kappa shape index (κ2) is 8.81. The fourth-order valence-electron chi connectivity index (χ4n) is 4.96. The van der Waals surface area contributed by atoms with Gasteiger partial charge in [-0.2, -0.15) is 13.2 Å². The van der Waals surface area contributed by atoms with Crippen LogP contribution in [0.1, 0.15) is 35.7 Å². The highest BCUT2D eigenvalue weighted by molar-refractivity contribution is 6.07.